The zero-order chi connectivity index (χ0) is 15.1. The maximum absolute atomic E-state index is 12.1. The van der Waals surface area contributed by atoms with Gasteiger partial charge in [-0.25, -0.2) is 0 Å². The summed E-state index contributed by atoms with van der Waals surface area (Å²) >= 11 is 0. The summed E-state index contributed by atoms with van der Waals surface area (Å²) in [5.41, 5.74) is 0.781. The lowest BCUT2D eigenvalue weighted by molar-refractivity contribution is -0.117. The molecule has 21 heavy (non-hydrogen) atoms. The van der Waals surface area contributed by atoms with Crippen molar-refractivity contribution in [2.45, 2.75) is 13.3 Å². The van der Waals surface area contributed by atoms with Crippen LogP contribution in [0.5, 0.6) is 5.75 Å². The van der Waals surface area contributed by atoms with Gasteiger partial charge in [-0.05, 0) is 25.1 Å². The minimum atomic E-state index is 0.0344. The predicted octanol–water partition coefficient (Wildman–Crippen LogP) is 1.66. The summed E-state index contributed by atoms with van der Waals surface area (Å²) in [5.74, 6) is 0.785. The van der Waals surface area contributed by atoms with Gasteiger partial charge in [0, 0.05) is 37.9 Å². The summed E-state index contributed by atoms with van der Waals surface area (Å²) in [6, 6.07) is 7.44. The van der Waals surface area contributed by atoms with E-state index >= 15 is 0 Å². The molecule has 0 atom stereocenters. The van der Waals surface area contributed by atoms with Gasteiger partial charge in [0.05, 0.1) is 13.7 Å². The molecule has 1 N–H and O–H groups in total. The number of hydrogen-bond donors (Lipinski definition) is 1. The molecular weight excluding hydrogens is 266 g/mol. The number of amides is 1. The Morgan fingerprint density at radius 2 is 1.95 bits per heavy atom. The van der Waals surface area contributed by atoms with E-state index in [-0.39, 0.29) is 5.91 Å². The van der Waals surface area contributed by atoms with E-state index in [1.54, 1.807) is 7.11 Å². The number of carbonyl (C=O) groups is 1. The molecule has 1 saturated heterocycles. The van der Waals surface area contributed by atoms with Crippen molar-refractivity contribution in [3.63, 3.8) is 0 Å². The van der Waals surface area contributed by atoms with Gasteiger partial charge in [-0.15, -0.1) is 0 Å². The van der Waals surface area contributed by atoms with Crippen LogP contribution in [0, 0.1) is 0 Å². The summed E-state index contributed by atoms with van der Waals surface area (Å²) in [5, 5.41) is 2.93. The molecule has 1 amide bonds. The highest BCUT2D eigenvalue weighted by molar-refractivity contribution is 5.92. The molecule has 0 aromatic heterocycles. The maximum atomic E-state index is 12.1. The van der Waals surface area contributed by atoms with Crippen molar-refractivity contribution in [1.29, 1.82) is 0 Å². The van der Waals surface area contributed by atoms with Gasteiger partial charge < -0.3 is 15.0 Å². The molecule has 5 heteroatoms. The van der Waals surface area contributed by atoms with Gasteiger partial charge >= 0.3 is 0 Å². The highest BCUT2D eigenvalue weighted by Gasteiger charge is 2.18. The van der Waals surface area contributed by atoms with Gasteiger partial charge in [0.25, 0.3) is 0 Å². The van der Waals surface area contributed by atoms with E-state index in [1.807, 2.05) is 24.3 Å². The van der Waals surface area contributed by atoms with Crippen molar-refractivity contribution in [2.24, 2.45) is 0 Å². The van der Waals surface area contributed by atoms with Crippen molar-refractivity contribution in [1.82, 2.24) is 9.80 Å². The molecule has 5 nitrogen and oxygen atoms in total. The average Bonchev–Trinajstić information content (AvgIpc) is 2.49. The highest BCUT2D eigenvalue weighted by Crippen LogP contribution is 2.16. The predicted molar refractivity (Wildman–Crippen MR) is 84.8 cm³/mol. The van der Waals surface area contributed by atoms with Crippen LogP contribution in [0.1, 0.15) is 13.3 Å². The van der Waals surface area contributed by atoms with Gasteiger partial charge in [-0.1, -0.05) is 13.0 Å². The quantitative estimate of drug-likeness (QED) is 0.866. The van der Waals surface area contributed by atoms with Crippen molar-refractivity contribution < 1.29 is 9.53 Å². The SMILES string of the molecule is CCCN1CCN(CC(=O)Nc2cccc(OC)c2)CC1. The van der Waals surface area contributed by atoms with Crippen LogP contribution in [-0.2, 0) is 4.79 Å². The molecule has 1 heterocycles. The van der Waals surface area contributed by atoms with E-state index in [0.717, 1.165) is 44.2 Å². The van der Waals surface area contributed by atoms with Crippen LogP contribution in [0.15, 0.2) is 24.3 Å². The first-order chi connectivity index (χ1) is 10.2. The summed E-state index contributed by atoms with van der Waals surface area (Å²) in [7, 11) is 1.62. The number of rotatable bonds is 6. The van der Waals surface area contributed by atoms with E-state index in [0.29, 0.717) is 6.54 Å². The molecule has 0 saturated carbocycles. The Bertz CT molecular complexity index is 457. The van der Waals surface area contributed by atoms with Crippen molar-refractivity contribution in [3.8, 4) is 5.75 Å². The number of piperazine rings is 1. The van der Waals surface area contributed by atoms with Crippen LogP contribution in [0.2, 0.25) is 0 Å². The lowest BCUT2D eigenvalue weighted by atomic mass is 10.2. The molecule has 1 aliphatic rings. The Morgan fingerprint density at radius 3 is 2.62 bits per heavy atom. The lowest BCUT2D eigenvalue weighted by Gasteiger charge is -2.34. The monoisotopic (exact) mass is 291 g/mol. The number of nitrogens with zero attached hydrogens (tertiary/aromatic N) is 2. The van der Waals surface area contributed by atoms with E-state index < -0.39 is 0 Å². The third-order valence-corrected chi connectivity index (χ3v) is 3.73. The Morgan fingerprint density at radius 1 is 1.24 bits per heavy atom. The average molecular weight is 291 g/mol. The van der Waals surface area contributed by atoms with Crippen molar-refractivity contribution in [3.05, 3.63) is 24.3 Å². The largest absolute Gasteiger partial charge is 0.497 e. The van der Waals surface area contributed by atoms with Gasteiger partial charge in [-0.2, -0.15) is 0 Å². The Labute approximate surface area is 126 Å². The number of carbonyl (C=O) groups excluding carboxylic acids is 1. The van der Waals surface area contributed by atoms with Crippen LogP contribution in [0.4, 0.5) is 5.69 Å². The molecule has 0 aliphatic carbocycles. The number of hydrogen-bond acceptors (Lipinski definition) is 4. The fourth-order valence-electron chi connectivity index (χ4n) is 2.59. The van der Waals surface area contributed by atoms with Crippen LogP contribution in [0.25, 0.3) is 0 Å². The molecule has 1 aromatic carbocycles. The van der Waals surface area contributed by atoms with Crippen LogP contribution < -0.4 is 10.1 Å². The van der Waals surface area contributed by atoms with E-state index in [2.05, 4.69) is 22.0 Å². The molecule has 116 valence electrons. The number of nitrogens with one attached hydrogen (secondary N) is 1. The number of methoxy groups -OCH3 is 1. The molecule has 1 aromatic rings. The fourth-order valence-corrected chi connectivity index (χ4v) is 2.59. The second-order valence-corrected chi connectivity index (χ2v) is 5.40. The number of anilines is 1. The zero-order valence-electron chi connectivity index (χ0n) is 13.0. The third-order valence-electron chi connectivity index (χ3n) is 3.73. The molecule has 0 radical (unpaired) electrons. The standard InChI is InChI=1S/C16H25N3O2/c1-3-7-18-8-10-19(11-9-18)13-16(20)17-14-5-4-6-15(12-14)21-2/h4-6,12H,3,7-11,13H2,1-2H3,(H,17,20). The van der Waals surface area contributed by atoms with Gasteiger partial charge in [0.1, 0.15) is 5.75 Å². The lowest BCUT2D eigenvalue weighted by Crippen LogP contribution is -2.48. The molecule has 1 fully saturated rings. The van der Waals surface area contributed by atoms with E-state index in [1.165, 1.54) is 6.42 Å². The van der Waals surface area contributed by atoms with Gasteiger partial charge in [-0.3, -0.25) is 9.69 Å². The van der Waals surface area contributed by atoms with E-state index in [9.17, 15) is 4.79 Å². The molecule has 0 bridgehead atoms. The maximum Gasteiger partial charge on any atom is 0.238 e. The molecular formula is C16H25N3O2. The second-order valence-electron chi connectivity index (χ2n) is 5.40. The summed E-state index contributed by atoms with van der Waals surface area (Å²) in [4.78, 5) is 16.7. The highest BCUT2D eigenvalue weighted by atomic mass is 16.5. The first-order valence-corrected chi connectivity index (χ1v) is 7.60. The zero-order valence-corrected chi connectivity index (χ0v) is 13.0. The van der Waals surface area contributed by atoms with Gasteiger partial charge in [0.15, 0.2) is 0 Å². The molecule has 2 rings (SSSR count). The Kier molecular flexibility index (Phi) is 6.02. The van der Waals surface area contributed by atoms with Crippen molar-refractivity contribution >= 4 is 11.6 Å². The molecule has 1 aliphatic heterocycles. The smallest absolute Gasteiger partial charge is 0.238 e. The van der Waals surface area contributed by atoms with E-state index in [4.69, 9.17) is 4.74 Å². The Hall–Kier alpha value is -1.59. The minimum absolute atomic E-state index is 0.0344. The number of benzene rings is 1. The summed E-state index contributed by atoms with van der Waals surface area (Å²) in [6.07, 6.45) is 1.19. The van der Waals surface area contributed by atoms with Crippen LogP contribution in [0.3, 0.4) is 0 Å². The van der Waals surface area contributed by atoms with Crippen LogP contribution in [-0.4, -0.2) is 62.1 Å². The van der Waals surface area contributed by atoms with Crippen LogP contribution >= 0.6 is 0 Å². The first-order valence-electron chi connectivity index (χ1n) is 7.60. The second kappa shape index (κ2) is 8.00. The molecule has 0 spiro atoms. The summed E-state index contributed by atoms with van der Waals surface area (Å²) in [6.45, 7) is 7.85. The normalized spacial score (nSPS) is 16.7. The topological polar surface area (TPSA) is 44.8 Å². The minimum Gasteiger partial charge on any atom is -0.497 e. The Balaban J connectivity index is 1.77. The number of ether oxygens (including phenoxy) is 1. The molecule has 0 unspecified atom stereocenters. The van der Waals surface area contributed by atoms with Crippen molar-refractivity contribution in [2.75, 3.05) is 51.7 Å². The summed E-state index contributed by atoms with van der Waals surface area (Å²) < 4.78 is 5.15. The van der Waals surface area contributed by atoms with Gasteiger partial charge in [0.2, 0.25) is 5.91 Å². The fraction of sp³-hybridized carbons (Fsp3) is 0.562. The third kappa shape index (κ3) is 5.02. The first kappa shape index (κ1) is 15.8.